The fourth-order valence-electron chi connectivity index (χ4n) is 3.28. The number of fused-ring (bicyclic) bond motifs is 1. The van der Waals surface area contributed by atoms with E-state index in [-0.39, 0.29) is 10.5 Å². The van der Waals surface area contributed by atoms with Crippen LogP contribution in [0.1, 0.15) is 15.9 Å². The van der Waals surface area contributed by atoms with Gasteiger partial charge in [-0.25, -0.2) is 13.4 Å². The third-order valence-corrected chi connectivity index (χ3v) is 6.44. The SMILES string of the molecule is COc1ccccc1NS(=O)(=O)c1cc(C(=O)Nc2ccc3ccccc3n2)ccc1C. The van der Waals surface area contributed by atoms with Gasteiger partial charge in [0.25, 0.3) is 15.9 Å². The van der Waals surface area contributed by atoms with Gasteiger partial charge in [0.15, 0.2) is 0 Å². The number of nitrogens with one attached hydrogen (secondary N) is 2. The molecular weight excluding hydrogens is 426 g/mol. The van der Waals surface area contributed by atoms with Gasteiger partial charge in [-0.1, -0.05) is 36.4 Å². The number of aryl methyl sites for hydroxylation is 1. The fraction of sp³-hybridized carbons (Fsp3) is 0.0833. The van der Waals surface area contributed by atoms with Crippen molar-refractivity contribution in [2.45, 2.75) is 11.8 Å². The van der Waals surface area contributed by atoms with Crippen molar-refractivity contribution >= 4 is 38.3 Å². The molecule has 7 nitrogen and oxygen atoms in total. The number of carbonyl (C=O) groups is 1. The number of pyridine rings is 1. The van der Waals surface area contributed by atoms with Gasteiger partial charge in [0, 0.05) is 10.9 Å². The first-order chi connectivity index (χ1) is 15.4. The molecule has 0 saturated heterocycles. The highest BCUT2D eigenvalue weighted by Gasteiger charge is 2.21. The number of nitrogens with zero attached hydrogens (tertiary/aromatic N) is 1. The molecule has 0 radical (unpaired) electrons. The third-order valence-electron chi connectivity index (χ3n) is 4.93. The van der Waals surface area contributed by atoms with E-state index in [4.69, 9.17) is 4.74 Å². The normalized spacial score (nSPS) is 11.2. The highest BCUT2D eigenvalue weighted by Crippen LogP contribution is 2.27. The van der Waals surface area contributed by atoms with E-state index in [1.165, 1.54) is 13.2 Å². The predicted molar refractivity (Wildman–Crippen MR) is 125 cm³/mol. The lowest BCUT2D eigenvalue weighted by Crippen LogP contribution is -2.17. The van der Waals surface area contributed by atoms with E-state index >= 15 is 0 Å². The fourth-order valence-corrected chi connectivity index (χ4v) is 4.63. The minimum absolute atomic E-state index is 0.00234. The lowest BCUT2D eigenvalue weighted by atomic mass is 10.1. The maximum absolute atomic E-state index is 13.1. The Balaban J connectivity index is 1.61. The number of methoxy groups -OCH3 is 1. The lowest BCUT2D eigenvalue weighted by molar-refractivity contribution is 0.102. The molecule has 0 bridgehead atoms. The zero-order valence-electron chi connectivity index (χ0n) is 17.5. The molecule has 1 aromatic heterocycles. The minimum Gasteiger partial charge on any atom is -0.495 e. The van der Waals surface area contributed by atoms with E-state index < -0.39 is 15.9 Å². The number of hydrogen-bond acceptors (Lipinski definition) is 5. The summed E-state index contributed by atoms with van der Waals surface area (Å²) >= 11 is 0. The highest BCUT2D eigenvalue weighted by molar-refractivity contribution is 7.92. The molecular formula is C24H21N3O4S. The van der Waals surface area contributed by atoms with E-state index in [1.54, 1.807) is 49.4 Å². The molecule has 32 heavy (non-hydrogen) atoms. The topological polar surface area (TPSA) is 97.4 Å². The Bertz CT molecular complexity index is 1420. The zero-order valence-corrected chi connectivity index (χ0v) is 18.3. The number of sulfonamides is 1. The first kappa shape index (κ1) is 21.3. The number of para-hydroxylation sites is 3. The maximum Gasteiger partial charge on any atom is 0.262 e. The van der Waals surface area contributed by atoms with Crippen LogP contribution in [0.25, 0.3) is 10.9 Å². The molecule has 0 spiro atoms. The van der Waals surface area contributed by atoms with E-state index in [0.29, 0.717) is 22.8 Å². The second-order valence-electron chi connectivity index (χ2n) is 7.13. The molecule has 0 unspecified atom stereocenters. The molecule has 8 heteroatoms. The first-order valence-electron chi connectivity index (χ1n) is 9.81. The van der Waals surface area contributed by atoms with Crippen molar-refractivity contribution < 1.29 is 17.9 Å². The van der Waals surface area contributed by atoms with E-state index in [1.807, 2.05) is 30.3 Å². The Morgan fingerprint density at radius 3 is 2.50 bits per heavy atom. The van der Waals surface area contributed by atoms with Gasteiger partial charge in [0.05, 0.1) is 23.2 Å². The summed E-state index contributed by atoms with van der Waals surface area (Å²) in [5.41, 5.74) is 1.77. The maximum atomic E-state index is 13.1. The summed E-state index contributed by atoms with van der Waals surface area (Å²) in [5, 5.41) is 3.69. The number of ether oxygens (including phenoxy) is 1. The second-order valence-corrected chi connectivity index (χ2v) is 8.78. The van der Waals surface area contributed by atoms with Gasteiger partial charge in [-0.15, -0.1) is 0 Å². The average molecular weight is 448 g/mol. The van der Waals surface area contributed by atoms with E-state index in [0.717, 1.165) is 10.9 Å². The monoisotopic (exact) mass is 447 g/mol. The molecule has 4 rings (SSSR count). The van der Waals surface area contributed by atoms with Crippen LogP contribution in [-0.2, 0) is 10.0 Å². The largest absolute Gasteiger partial charge is 0.495 e. The molecule has 0 aliphatic rings. The van der Waals surface area contributed by atoms with Gasteiger partial charge in [0.2, 0.25) is 0 Å². The summed E-state index contributed by atoms with van der Waals surface area (Å²) in [6, 6.07) is 22.4. The quantitative estimate of drug-likeness (QED) is 0.450. The second kappa shape index (κ2) is 8.68. The number of aromatic nitrogens is 1. The number of amides is 1. The summed E-state index contributed by atoms with van der Waals surface area (Å²) in [5.74, 6) is 0.317. The van der Waals surface area contributed by atoms with Crippen LogP contribution in [0.3, 0.4) is 0 Å². The average Bonchev–Trinajstić information content (AvgIpc) is 2.79. The molecule has 4 aromatic rings. The Hall–Kier alpha value is -3.91. The van der Waals surface area contributed by atoms with Crippen LogP contribution >= 0.6 is 0 Å². The van der Waals surface area contributed by atoms with E-state index in [2.05, 4.69) is 15.0 Å². The highest BCUT2D eigenvalue weighted by atomic mass is 32.2. The Labute approximate surface area is 186 Å². The van der Waals surface area contributed by atoms with Crippen LogP contribution in [0, 0.1) is 6.92 Å². The zero-order chi connectivity index (χ0) is 22.7. The Morgan fingerprint density at radius 1 is 0.938 bits per heavy atom. The van der Waals surface area contributed by atoms with Crippen molar-refractivity contribution in [1.29, 1.82) is 0 Å². The van der Waals surface area contributed by atoms with Gasteiger partial charge < -0.3 is 10.1 Å². The van der Waals surface area contributed by atoms with Gasteiger partial charge in [-0.2, -0.15) is 0 Å². The van der Waals surface area contributed by atoms with Crippen molar-refractivity contribution in [3.05, 3.63) is 90.0 Å². The van der Waals surface area contributed by atoms with Crippen LogP contribution in [0.15, 0.2) is 83.8 Å². The van der Waals surface area contributed by atoms with Crippen molar-refractivity contribution in [3.63, 3.8) is 0 Å². The molecule has 1 amide bonds. The predicted octanol–water partition coefficient (Wildman–Crippen LogP) is 4.60. The summed E-state index contributed by atoms with van der Waals surface area (Å²) in [4.78, 5) is 17.2. The van der Waals surface area contributed by atoms with Gasteiger partial charge in [-0.05, 0) is 55.0 Å². The van der Waals surface area contributed by atoms with E-state index in [9.17, 15) is 13.2 Å². The lowest BCUT2D eigenvalue weighted by Gasteiger charge is -2.14. The molecule has 0 fully saturated rings. The van der Waals surface area contributed by atoms with Gasteiger partial charge in [-0.3, -0.25) is 9.52 Å². The van der Waals surface area contributed by atoms with Crippen LogP contribution in [0.5, 0.6) is 5.75 Å². The van der Waals surface area contributed by atoms with Crippen molar-refractivity contribution in [2.24, 2.45) is 0 Å². The molecule has 0 aliphatic heterocycles. The number of anilines is 2. The Morgan fingerprint density at radius 2 is 1.69 bits per heavy atom. The molecule has 1 heterocycles. The van der Waals surface area contributed by atoms with Crippen LogP contribution in [0.4, 0.5) is 11.5 Å². The number of carbonyl (C=O) groups excluding carboxylic acids is 1. The number of benzene rings is 3. The Kier molecular flexibility index (Phi) is 5.79. The summed E-state index contributed by atoms with van der Waals surface area (Å²) < 4.78 is 33.9. The van der Waals surface area contributed by atoms with Gasteiger partial charge >= 0.3 is 0 Å². The molecule has 0 aliphatic carbocycles. The molecule has 3 aromatic carbocycles. The van der Waals surface area contributed by atoms with Crippen molar-refractivity contribution in [3.8, 4) is 5.75 Å². The van der Waals surface area contributed by atoms with Crippen LogP contribution < -0.4 is 14.8 Å². The molecule has 162 valence electrons. The standard InChI is InChI=1S/C24H21N3O4S/c1-16-11-12-18(24(28)26-23-14-13-17-7-3-4-8-19(17)25-23)15-22(16)32(29,30)27-20-9-5-6-10-21(20)31-2/h3-15,27H,1-2H3,(H,25,26,28). The van der Waals surface area contributed by atoms with Crippen LogP contribution in [0.2, 0.25) is 0 Å². The summed E-state index contributed by atoms with van der Waals surface area (Å²) in [6.07, 6.45) is 0. The number of rotatable bonds is 6. The molecule has 2 N–H and O–H groups in total. The summed E-state index contributed by atoms with van der Waals surface area (Å²) in [7, 11) is -2.50. The van der Waals surface area contributed by atoms with Crippen molar-refractivity contribution in [1.82, 2.24) is 4.98 Å². The van der Waals surface area contributed by atoms with Gasteiger partial charge in [0.1, 0.15) is 11.6 Å². The smallest absolute Gasteiger partial charge is 0.262 e. The minimum atomic E-state index is -3.96. The first-order valence-corrected chi connectivity index (χ1v) is 11.3. The van der Waals surface area contributed by atoms with Crippen molar-refractivity contribution in [2.75, 3.05) is 17.1 Å². The number of hydrogen-bond donors (Lipinski definition) is 2. The third kappa shape index (κ3) is 4.40. The summed E-state index contributed by atoms with van der Waals surface area (Å²) in [6.45, 7) is 1.67. The van der Waals surface area contributed by atoms with Crippen LogP contribution in [-0.4, -0.2) is 26.4 Å². The molecule has 0 atom stereocenters. The molecule has 0 saturated carbocycles.